The Morgan fingerprint density at radius 3 is 2.52 bits per heavy atom. The smallest absolute Gasteiger partial charge is 0.275 e. The van der Waals surface area contributed by atoms with Gasteiger partial charge in [0.15, 0.2) is 5.69 Å². The fraction of sp³-hybridized carbons (Fsp3) is 0.348. The summed E-state index contributed by atoms with van der Waals surface area (Å²) in [4.78, 5) is 27.7. The molecule has 0 spiro atoms. The van der Waals surface area contributed by atoms with Crippen LogP contribution in [0.3, 0.4) is 0 Å². The second-order valence-corrected chi connectivity index (χ2v) is 7.08. The van der Waals surface area contributed by atoms with Crippen LogP contribution in [0.4, 0.5) is 4.39 Å². The molecule has 152 valence electrons. The minimum Gasteiger partial charge on any atom is -0.333 e. The number of amides is 1. The van der Waals surface area contributed by atoms with Gasteiger partial charge < -0.3 is 4.90 Å². The fourth-order valence-corrected chi connectivity index (χ4v) is 3.39. The van der Waals surface area contributed by atoms with Gasteiger partial charge in [-0.2, -0.15) is 5.10 Å². The van der Waals surface area contributed by atoms with Gasteiger partial charge in [0.05, 0.1) is 5.39 Å². The number of fused-ring (bicyclic) bond motifs is 1. The number of carbonyl (C=O) groups excluding carboxylic acids is 1. The summed E-state index contributed by atoms with van der Waals surface area (Å²) in [5, 5.41) is 5.48. The Kier molecular flexibility index (Phi) is 6.75. The number of benzene rings is 2. The third-order valence-corrected chi connectivity index (χ3v) is 4.98. The highest BCUT2D eigenvalue weighted by molar-refractivity contribution is 6.04. The maximum atomic E-state index is 13.5. The molecular weight excluding hydrogens is 369 g/mol. The number of rotatable bonds is 8. The molecule has 0 fully saturated rings. The van der Waals surface area contributed by atoms with Crippen molar-refractivity contribution in [2.75, 3.05) is 6.54 Å². The normalized spacial score (nSPS) is 11.0. The van der Waals surface area contributed by atoms with Crippen LogP contribution in [-0.2, 0) is 13.1 Å². The van der Waals surface area contributed by atoms with Gasteiger partial charge >= 0.3 is 0 Å². The summed E-state index contributed by atoms with van der Waals surface area (Å²) in [5.41, 5.74) is 0.789. The van der Waals surface area contributed by atoms with E-state index in [4.69, 9.17) is 0 Å². The van der Waals surface area contributed by atoms with E-state index in [1.165, 1.54) is 16.8 Å². The lowest BCUT2D eigenvalue weighted by Gasteiger charge is -2.22. The third kappa shape index (κ3) is 4.70. The van der Waals surface area contributed by atoms with Crippen molar-refractivity contribution >= 4 is 16.7 Å². The molecule has 1 heterocycles. The Morgan fingerprint density at radius 1 is 1.07 bits per heavy atom. The first kappa shape index (κ1) is 20.7. The lowest BCUT2D eigenvalue weighted by atomic mass is 10.1. The maximum Gasteiger partial charge on any atom is 0.275 e. The van der Waals surface area contributed by atoms with Crippen LogP contribution in [0.2, 0.25) is 0 Å². The summed E-state index contributed by atoms with van der Waals surface area (Å²) in [6.07, 6.45) is 2.85. The van der Waals surface area contributed by atoms with Gasteiger partial charge in [0.2, 0.25) is 0 Å². The zero-order chi connectivity index (χ0) is 20.8. The van der Waals surface area contributed by atoms with Gasteiger partial charge in [-0.15, -0.1) is 0 Å². The quantitative estimate of drug-likeness (QED) is 0.532. The van der Waals surface area contributed by atoms with Crippen molar-refractivity contribution in [3.8, 4) is 0 Å². The van der Waals surface area contributed by atoms with Crippen LogP contribution in [0.1, 0.15) is 49.2 Å². The Morgan fingerprint density at radius 2 is 1.83 bits per heavy atom. The van der Waals surface area contributed by atoms with E-state index in [0.29, 0.717) is 29.4 Å². The lowest BCUT2D eigenvalue weighted by molar-refractivity contribution is 0.0746. The predicted molar refractivity (Wildman–Crippen MR) is 112 cm³/mol. The summed E-state index contributed by atoms with van der Waals surface area (Å²) in [7, 11) is 0. The number of unbranched alkanes of at least 4 members (excludes halogenated alkanes) is 2. The largest absolute Gasteiger partial charge is 0.333 e. The van der Waals surface area contributed by atoms with Crippen LogP contribution in [-0.4, -0.2) is 27.1 Å². The number of hydrogen-bond acceptors (Lipinski definition) is 3. The zero-order valence-corrected chi connectivity index (χ0v) is 16.9. The number of hydrogen-bond donors (Lipinski definition) is 0. The molecule has 5 nitrogen and oxygen atoms in total. The standard InChI is InChI=1S/C23H26FN3O2/c1-3-5-8-14-27-22(28)20-13-7-6-12-19(20)21(25-27)23(29)26(4-2)16-17-10-9-11-18(24)15-17/h6-7,9-13,15H,3-5,8,14,16H2,1-2H3. The molecule has 0 aliphatic rings. The summed E-state index contributed by atoms with van der Waals surface area (Å²) >= 11 is 0. The topological polar surface area (TPSA) is 55.2 Å². The van der Waals surface area contributed by atoms with Gasteiger partial charge in [-0.25, -0.2) is 9.07 Å². The first-order valence-electron chi connectivity index (χ1n) is 10.1. The molecular formula is C23H26FN3O2. The molecule has 6 heteroatoms. The molecule has 2 aromatic carbocycles. The second kappa shape index (κ2) is 9.45. The van der Waals surface area contributed by atoms with Crippen molar-refractivity contribution in [3.05, 3.63) is 76.0 Å². The number of nitrogens with zero attached hydrogens (tertiary/aromatic N) is 3. The fourth-order valence-electron chi connectivity index (χ4n) is 3.39. The SMILES string of the molecule is CCCCCn1nc(C(=O)N(CC)Cc2cccc(F)c2)c2ccccc2c1=O. The van der Waals surface area contributed by atoms with Gasteiger partial charge in [-0.3, -0.25) is 9.59 Å². The summed E-state index contributed by atoms with van der Waals surface area (Å²) in [6, 6.07) is 13.3. The van der Waals surface area contributed by atoms with Crippen LogP contribution < -0.4 is 5.56 Å². The Bertz CT molecular complexity index is 1060. The maximum absolute atomic E-state index is 13.5. The average Bonchev–Trinajstić information content (AvgIpc) is 2.73. The summed E-state index contributed by atoms with van der Waals surface area (Å²) in [5.74, 6) is -0.601. The highest BCUT2D eigenvalue weighted by Gasteiger charge is 2.21. The van der Waals surface area contributed by atoms with Gasteiger partial charge in [0.1, 0.15) is 5.82 Å². The third-order valence-electron chi connectivity index (χ3n) is 4.98. The summed E-state index contributed by atoms with van der Waals surface area (Å²) < 4.78 is 14.9. The molecule has 0 saturated heterocycles. The number of aryl methyl sites for hydroxylation is 1. The van der Waals surface area contributed by atoms with Gasteiger partial charge in [-0.1, -0.05) is 50.1 Å². The highest BCUT2D eigenvalue weighted by Crippen LogP contribution is 2.17. The van der Waals surface area contributed by atoms with E-state index in [0.717, 1.165) is 19.3 Å². The van der Waals surface area contributed by atoms with Crippen LogP contribution in [0.15, 0.2) is 53.3 Å². The Balaban J connectivity index is 2.00. The molecule has 3 rings (SSSR count). The monoisotopic (exact) mass is 395 g/mol. The molecule has 0 aliphatic carbocycles. The Hall–Kier alpha value is -3.02. The number of carbonyl (C=O) groups is 1. The minimum absolute atomic E-state index is 0.179. The second-order valence-electron chi connectivity index (χ2n) is 7.08. The van der Waals surface area contributed by atoms with Crippen molar-refractivity contribution in [2.45, 2.75) is 46.2 Å². The Labute approximate surface area is 169 Å². The molecule has 0 radical (unpaired) electrons. The van der Waals surface area contributed by atoms with Crippen LogP contribution in [0.25, 0.3) is 10.8 Å². The molecule has 29 heavy (non-hydrogen) atoms. The highest BCUT2D eigenvalue weighted by atomic mass is 19.1. The molecule has 0 unspecified atom stereocenters. The average molecular weight is 395 g/mol. The van der Waals surface area contributed by atoms with E-state index in [1.54, 1.807) is 41.3 Å². The van der Waals surface area contributed by atoms with E-state index < -0.39 is 0 Å². The van der Waals surface area contributed by atoms with E-state index in [1.807, 2.05) is 6.92 Å². The molecule has 1 amide bonds. The molecule has 0 atom stereocenters. The van der Waals surface area contributed by atoms with Crippen molar-refractivity contribution in [1.82, 2.24) is 14.7 Å². The van der Waals surface area contributed by atoms with Crippen molar-refractivity contribution < 1.29 is 9.18 Å². The van der Waals surface area contributed by atoms with Crippen LogP contribution >= 0.6 is 0 Å². The number of halogens is 1. The van der Waals surface area contributed by atoms with Crippen molar-refractivity contribution in [2.24, 2.45) is 0 Å². The van der Waals surface area contributed by atoms with E-state index >= 15 is 0 Å². The zero-order valence-electron chi connectivity index (χ0n) is 16.9. The van der Waals surface area contributed by atoms with Crippen LogP contribution in [0.5, 0.6) is 0 Å². The molecule has 0 N–H and O–H groups in total. The molecule has 3 aromatic rings. The van der Waals surface area contributed by atoms with Gasteiger partial charge in [0, 0.05) is 25.0 Å². The predicted octanol–water partition coefficient (Wildman–Crippen LogP) is 4.39. The first-order chi connectivity index (χ1) is 14.0. The van der Waals surface area contributed by atoms with Crippen LogP contribution in [0, 0.1) is 5.82 Å². The van der Waals surface area contributed by atoms with E-state index in [2.05, 4.69) is 12.0 Å². The number of aromatic nitrogens is 2. The molecule has 1 aromatic heterocycles. The lowest BCUT2D eigenvalue weighted by Crippen LogP contribution is -2.34. The molecule has 0 bridgehead atoms. The minimum atomic E-state index is -0.334. The van der Waals surface area contributed by atoms with Crippen molar-refractivity contribution in [1.29, 1.82) is 0 Å². The van der Waals surface area contributed by atoms with E-state index in [9.17, 15) is 14.0 Å². The molecule has 0 aliphatic heterocycles. The summed E-state index contributed by atoms with van der Waals surface area (Å²) in [6.45, 7) is 5.17. The van der Waals surface area contributed by atoms with Gasteiger partial charge in [0.25, 0.3) is 11.5 Å². The first-order valence-corrected chi connectivity index (χ1v) is 10.1. The van der Waals surface area contributed by atoms with E-state index in [-0.39, 0.29) is 29.5 Å². The van der Waals surface area contributed by atoms with Gasteiger partial charge in [-0.05, 0) is 37.1 Å². The van der Waals surface area contributed by atoms with Crippen molar-refractivity contribution in [3.63, 3.8) is 0 Å². The molecule has 0 saturated carbocycles.